The van der Waals surface area contributed by atoms with Gasteiger partial charge in [-0.05, 0) is 44.4 Å². The maximum atomic E-state index is 13.4. The number of anilines is 3. The van der Waals surface area contributed by atoms with Gasteiger partial charge in [0, 0.05) is 71.0 Å². The lowest BCUT2D eigenvalue weighted by Gasteiger charge is -2.35. The largest absolute Gasteiger partial charge is 0.378 e. The maximum Gasteiger partial charge on any atom is 0.273 e. The van der Waals surface area contributed by atoms with Crippen molar-refractivity contribution in [2.45, 2.75) is 52.2 Å². The minimum absolute atomic E-state index is 0.0154. The van der Waals surface area contributed by atoms with Crippen LogP contribution in [0, 0.1) is 0 Å². The molecule has 0 spiro atoms. The van der Waals surface area contributed by atoms with Crippen molar-refractivity contribution in [2.75, 3.05) is 61.5 Å². The normalized spacial score (nSPS) is 19.9. The van der Waals surface area contributed by atoms with Crippen molar-refractivity contribution in [3.63, 3.8) is 0 Å². The summed E-state index contributed by atoms with van der Waals surface area (Å²) in [6.45, 7) is 9.75. The molecule has 3 aliphatic rings. The first-order chi connectivity index (χ1) is 17.2. The Kier molecular flexibility index (Phi) is 6.49. The van der Waals surface area contributed by atoms with Crippen molar-refractivity contribution in [1.82, 2.24) is 19.8 Å². The molecule has 1 aromatic carbocycles. The van der Waals surface area contributed by atoms with Crippen LogP contribution < -0.4 is 14.7 Å². The van der Waals surface area contributed by atoms with E-state index >= 15 is 0 Å². The number of hydrogen-bond acceptors (Lipinski definition) is 7. The van der Waals surface area contributed by atoms with E-state index < -0.39 is 0 Å². The lowest BCUT2D eigenvalue weighted by molar-refractivity contribution is -0.129. The van der Waals surface area contributed by atoms with Gasteiger partial charge >= 0.3 is 0 Å². The Hall–Kier alpha value is -3.36. The van der Waals surface area contributed by atoms with Crippen LogP contribution in [0.2, 0.25) is 0 Å². The predicted molar refractivity (Wildman–Crippen MR) is 142 cm³/mol. The Morgan fingerprint density at radius 1 is 1.03 bits per heavy atom. The van der Waals surface area contributed by atoms with E-state index in [0.717, 1.165) is 30.8 Å². The molecule has 3 aliphatic heterocycles. The summed E-state index contributed by atoms with van der Waals surface area (Å²) < 4.78 is 0. The fourth-order valence-corrected chi connectivity index (χ4v) is 5.54. The lowest BCUT2D eigenvalue weighted by Crippen LogP contribution is -2.48. The van der Waals surface area contributed by atoms with Gasteiger partial charge in [0.2, 0.25) is 11.9 Å². The molecule has 0 bridgehead atoms. The van der Waals surface area contributed by atoms with Gasteiger partial charge in [-0.15, -0.1) is 0 Å². The molecule has 2 fully saturated rings. The van der Waals surface area contributed by atoms with Gasteiger partial charge in [0.15, 0.2) is 0 Å². The zero-order valence-corrected chi connectivity index (χ0v) is 22.1. The van der Waals surface area contributed by atoms with Gasteiger partial charge in [0.05, 0.1) is 12.6 Å². The van der Waals surface area contributed by atoms with Crippen LogP contribution >= 0.6 is 0 Å². The van der Waals surface area contributed by atoms with Gasteiger partial charge in [0.25, 0.3) is 5.91 Å². The highest BCUT2D eigenvalue weighted by Gasteiger charge is 2.39. The zero-order chi connectivity index (χ0) is 25.6. The van der Waals surface area contributed by atoms with Crippen molar-refractivity contribution < 1.29 is 9.59 Å². The molecule has 0 saturated carbocycles. The molecule has 9 nitrogen and oxygen atoms in total. The summed E-state index contributed by atoms with van der Waals surface area (Å²) in [5.41, 5.74) is 3.92. The number of hydrogen-bond donors (Lipinski definition) is 0. The summed E-state index contributed by atoms with van der Waals surface area (Å²) in [4.78, 5) is 45.5. The van der Waals surface area contributed by atoms with Crippen molar-refractivity contribution in [1.29, 1.82) is 0 Å². The highest BCUT2D eigenvalue weighted by Crippen LogP contribution is 2.41. The molecule has 5 rings (SSSR count). The minimum atomic E-state index is -0.0154. The molecule has 0 N–H and O–H groups in total. The van der Waals surface area contributed by atoms with Gasteiger partial charge < -0.3 is 24.5 Å². The van der Waals surface area contributed by atoms with Gasteiger partial charge in [-0.1, -0.05) is 12.1 Å². The lowest BCUT2D eigenvalue weighted by atomic mass is 10.0. The molecular formula is C27H37N7O2. The van der Waals surface area contributed by atoms with E-state index in [1.54, 1.807) is 6.92 Å². The van der Waals surface area contributed by atoms with E-state index in [1.807, 2.05) is 23.6 Å². The van der Waals surface area contributed by atoms with Crippen LogP contribution in [-0.2, 0) is 11.3 Å². The third kappa shape index (κ3) is 4.35. The van der Waals surface area contributed by atoms with E-state index in [9.17, 15) is 9.59 Å². The number of benzene rings is 1. The third-order valence-corrected chi connectivity index (χ3v) is 7.72. The monoisotopic (exact) mass is 491 g/mol. The highest BCUT2D eigenvalue weighted by molar-refractivity contribution is 5.98. The van der Waals surface area contributed by atoms with Crippen LogP contribution in [0.3, 0.4) is 0 Å². The molecule has 1 aromatic heterocycles. The molecule has 192 valence electrons. The van der Waals surface area contributed by atoms with Crippen molar-refractivity contribution in [3.8, 4) is 0 Å². The molecule has 9 heteroatoms. The predicted octanol–water partition coefficient (Wildman–Crippen LogP) is 2.92. The fourth-order valence-electron chi connectivity index (χ4n) is 5.54. The van der Waals surface area contributed by atoms with Gasteiger partial charge in [-0.3, -0.25) is 9.59 Å². The topological polar surface area (TPSA) is 76.1 Å². The third-order valence-electron chi connectivity index (χ3n) is 7.72. The van der Waals surface area contributed by atoms with Crippen LogP contribution in [0.1, 0.15) is 61.3 Å². The molecule has 0 aliphatic carbocycles. The Balaban J connectivity index is 1.52. The van der Waals surface area contributed by atoms with E-state index in [0.29, 0.717) is 44.4 Å². The highest BCUT2D eigenvalue weighted by atomic mass is 16.2. The summed E-state index contributed by atoms with van der Waals surface area (Å²) in [6, 6.07) is 9.07. The average Bonchev–Trinajstić information content (AvgIpc) is 3.49. The molecule has 4 heterocycles. The Bertz CT molecular complexity index is 1140. The number of carbonyl (C=O) groups is 2. The van der Waals surface area contributed by atoms with E-state index in [2.05, 4.69) is 53.1 Å². The summed E-state index contributed by atoms with van der Waals surface area (Å²) >= 11 is 0. The molecule has 2 amide bonds. The number of nitrogens with zero attached hydrogens (tertiary/aromatic N) is 7. The number of fused-ring (bicyclic) bond motifs is 1. The van der Waals surface area contributed by atoms with Crippen LogP contribution in [-0.4, -0.2) is 84.4 Å². The van der Waals surface area contributed by atoms with Crippen molar-refractivity contribution >= 4 is 29.3 Å². The second kappa shape index (κ2) is 9.59. The van der Waals surface area contributed by atoms with E-state index in [4.69, 9.17) is 9.97 Å². The van der Waals surface area contributed by atoms with E-state index in [1.165, 1.54) is 11.3 Å². The second-order valence-electron chi connectivity index (χ2n) is 10.5. The molecule has 1 unspecified atom stereocenters. The molecule has 0 radical (unpaired) electrons. The van der Waals surface area contributed by atoms with Crippen LogP contribution in [0.4, 0.5) is 17.5 Å². The van der Waals surface area contributed by atoms with Crippen molar-refractivity contribution in [2.24, 2.45) is 0 Å². The fraction of sp³-hybridized carbons (Fsp3) is 0.556. The summed E-state index contributed by atoms with van der Waals surface area (Å²) in [5, 5.41) is 0. The SMILES string of the molecule is CC(=O)N1CCN(c2nc3c(c(N4CCCC4c4ccc(N(C)C)cc4)n2)CN(C(C)C)C3=O)CC1. The van der Waals surface area contributed by atoms with Crippen LogP contribution in [0.15, 0.2) is 24.3 Å². The van der Waals surface area contributed by atoms with E-state index in [-0.39, 0.29) is 23.9 Å². The average molecular weight is 492 g/mol. The minimum Gasteiger partial charge on any atom is -0.378 e. The number of rotatable bonds is 5. The zero-order valence-electron chi connectivity index (χ0n) is 22.1. The maximum absolute atomic E-state index is 13.4. The van der Waals surface area contributed by atoms with Crippen LogP contribution in [0.25, 0.3) is 0 Å². The summed E-state index contributed by atoms with van der Waals surface area (Å²) in [6.07, 6.45) is 2.13. The van der Waals surface area contributed by atoms with Crippen molar-refractivity contribution in [3.05, 3.63) is 41.1 Å². The smallest absolute Gasteiger partial charge is 0.273 e. The number of amides is 2. The first kappa shape index (κ1) is 24.3. The molecule has 2 aromatic rings. The summed E-state index contributed by atoms with van der Waals surface area (Å²) in [7, 11) is 4.10. The van der Waals surface area contributed by atoms with Gasteiger partial charge in [-0.25, -0.2) is 4.98 Å². The van der Waals surface area contributed by atoms with Gasteiger partial charge in [-0.2, -0.15) is 4.98 Å². The molecule has 1 atom stereocenters. The summed E-state index contributed by atoms with van der Waals surface area (Å²) in [5.74, 6) is 1.56. The standard InChI is InChI=1S/C27H37N7O2/c1-18(2)34-17-22-24(26(34)36)28-27(32-15-13-31(14-16-32)19(3)35)29-25(22)33-12-6-7-23(33)20-8-10-21(11-9-20)30(4)5/h8-11,18,23H,6-7,12-17H2,1-5H3. The Morgan fingerprint density at radius 2 is 1.72 bits per heavy atom. The number of piperazine rings is 1. The molecule has 2 saturated heterocycles. The Morgan fingerprint density at radius 3 is 2.33 bits per heavy atom. The Labute approximate surface area is 213 Å². The number of aromatic nitrogens is 2. The first-order valence-corrected chi connectivity index (χ1v) is 13.0. The second-order valence-corrected chi connectivity index (χ2v) is 10.5. The molecular weight excluding hydrogens is 454 g/mol. The van der Waals surface area contributed by atoms with Gasteiger partial charge in [0.1, 0.15) is 11.5 Å². The quantitative estimate of drug-likeness (QED) is 0.637. The molecule has 36 heavy (non-hydrogen) atoms. The van der Waals surface area contributed by atoms with Crippen LogP contribution in [0.5, 0.6) is 0 Å². The number of carbonyl (C=O) groups excluding carboxylic acids is 2. The first-order valence-electron chi connectivity index (χ1n) is 13.0.